The first-order chi connectivity index (χ1) is 11.0. The van der Waals surface area contributed by atoms with Crippen molar-refractivity contribution in [3.63, 3.8) is 0 Å². The molecular weight excluding hydrogens is 316 g/mol. The molecular formula is C17H17ClN2O3. The summed E-state index contributed by atoms with van der Waals surface area (Å²) in [6, 6.07) is 14.2. The lowest BCUT2D eigenvalue weighted by atomic mass is 10.2. The van der Waals surface area contributed by atoms with Crippen LogP contribution < -0.4 is 15.4 Å². The molecule has 6 heteroatoms. The third-order valence-corrected chi connectivity index (χ3v) is 3.21. The van der Waals surface area contributed by atoms with E-state index in [9.17, 15) is 9.59 Å². The molecule has 23 heavy (non-hydrogen) atoms. The lowest BCUT2D eigenvalue weighted by Gasteiger charge is -2.11. The zero-order valence-corrected chi connectivity index (χ0v) is 13.4. The Hall–Kier alpha value is -2.53. The molecule has 0 unspecified atom stereocenters. The Balaban J connectivity index is 1.84. The average Bonchev–Trinajstić information content (AvgIpc) is 2.53. The molecule has 0 saturated carbocycles. The van der Waals surface area contributed by atoms with Gasteiger partial charge in [-0.15, -0.1) is 0 Å². The maximum atomic E-state index is 11.8. The van der Waals surface area contributed by atoms with Crippen LogP contribution in [-0.2, 0) is 16.1 Å². The van der Waals surface area contributed by atoms with Gasteiger partial charge in [0.15, 0.2) is 6.61 Å². The van der Waals surface area contributed by atoms with E-state index in [1.807, 2.05) is 12.1 Å². The van der Waals surface area contributed by atoms with Crippen molar-refractivity contribution in [2.45, 2.75) is 13.5 Å². The highest BCUT2D eigenvalue weighted by Gasteiger charge is 2.07. The van der Waals surface area contributed by atoms with Crippen molar-refractivity contribution in [1.29, 1.82) is 0 Å². The molecule has 0 aliphatic heterocycles. The van der Waals surface area contributed by atoms with E-state index in [1.54, 1.807) is 36.4 Å². The average molecular weight is 333 g/mol. The summed E-state index contributed by atoms with van der Waals surface area (Å²) in [5.41, 5.74) is 1.48. The molecule has 0 aliphatic carbocycles. The summed E-state index contributed by atoms with van der Waals surface area (Å²) in [5, 5.41) is 6.06. The fraction of sp³-hybridized carbons (Fsp3) is 0.176. The molecule has 2 aromatic rings. The zero-order valence-electron chi connectivity index (χ0n) is 12.6. The van der Waals surface area contributed by atoms with Crippen LogP contribution in [0.3, 0.4) is 0 Å². The summed E-state index contributed by atoms with van der Waals surface area (Å²) in [7, 11) is 0. The molecule has 2 aromatic carbocycles. The van der Waals surface area contributed by atoms with Crippen molar-refractivity contribution in [1.82, 2.24) is 5.32 Å². The number of carbonyl (C=O) groups is 2. The van der Waals surface area contributed by atoms with E-state index in [1.165, 1.54) is 6.92 Å². The molecule has 0 radical (unpaired) electrons. The van der Waals surface area contributed by atoms with E-state index >= 15 is 0 Å². The molecule has 5 nitrogen and oxygen atoms in total. The summed E-state index contributed by atoms with van der Waals surface area (Å²) in [6.07, 6.45) is 0. The zero-order chi connectivity index (χ0) is 16.7. The highest BCUT2D eigenvalue weighted by molar-refractivity contribution is 6.30. The summed E-state index contributed by atoms with van der Waals surface area (Å²) in [6.45, 7) is 1.67. The van der Waals surface area contributed by atoms with Gasteiger partial charge in [0.2, 0.25) is 5.91 Å². The van der Waals surface area contributed by atoms with E-state index < -0.39 is 0 Å². The molecule has 0 spiro atoms. The lowest BCUT2D eigenvalue weighted by Crippen LogP contribution is -2.28. The molecule has 0 aliphatic rings. The van der Waals surface area contributed by atoms with E-state index in [2.05, 4.69) is 10.6 Å². The van der Waals surface area contributed by atoms with Gasteiger partial charge in [0, 0.05) is 18.5 Å². The van der Waals surface area contributed by atoms with Crippen LogP contribution in [0, 0.1) is 0 Å². The van der Waals surface area contributed by atoms with Gasteiger partial charge in [0.1, 0.15) is 5.75 Å². The van der Waals surface area contributed by atoms with E-state index in [0.717, 1.165) is 5.56 Å². The van der Waals surface area contributed by atoms with Crippen molar-refractivity contribution in [3.8, 4) is 5.75 Å². The highest BCUT2D eigenvalue weighted by Crippen LogP contribution is 2.23. The second-order valence-electron chi connectivity index (χ2n) is 4.87. The van der Waals surface area contributed by atoms with Gasteiger partial charge in [-0.3, -0.25) is 9.59 Å². The van der Waals surface area contributed by atoms with Crippen LogP contribution in [-0.4, -0.2) is 18.4 Å². The second kappa shape index (κ2) is 8.19. The SMILES string of the molecule is CC(=O)Nc1ccccc1OCC(=O)NCc1ccc(Cl)cc1. The Morgan fingerprint density at radius 3 is 2.48 bits per heavy atom. The van der Waals surface area contributed by atoms with Gasteiger partial charge in [-0.1, -0.05) is 35.9 Å². The molecule has 0 heterocycles. The molecule has 2 amide bonds. The number of rotatable bonds is 6. The molecule has 0 aromatic heterocycles. The smallest absolute Gasteiger partial charge is 0.258 e. The first-order valence-electron chi connectivity index (χ1n) is 7.05. The number of halogens is 1. The number of nitrogens with one attached hydrogen (secondary N) is 2. The standard InChI is InChI=1S/C17H17ClN2O3/c1-12(21)20-15-4-2-3-5-16(15)23-11-17(22)19-10-13-6-8-14(18)9-7-13/h2-9H,10-11H2,1H3,(H,19,22)(H,20,21). The third-order valence-electron chi connectivity index (χ3n) is 2.96. The van der Waals surface area contributed by atoms with Gasteiger partial charge in [-0.05, 0) is 29.8 Å². The van der Waals surface area contributed by atoms with E-state index in [0.29, 0.717) is 23.0 Å². The Morgan fingerprint density at radius 1 is 1.09 bits per heavy atom. The molecule has 0 bridgehead atoms. The summed E-state index contributed by atoms with van der Waals surface area (Å²) in [5.74, 6) is -0.00448. The number of benzene rings is 2. The predicted molar refractivity (Wildman–Crippen MR) is 89.5 cm³/mol. The van der Waals surface area contributed by atoms with Gasteiger partial charge in [0.25, 0.3) is 5.91 Å². The largest absolute Gasteiger partial charge is 0.482 e. The number of ether oxygens (including phenoxy) is 1. The molecule has 0 atom stereocenters. The van der Waals surface area contributed by atoms with Crippen LogP contribution in [0.1, 0.15) is 12.5 Å². The monoisotopic (exact) mass is 332 g/mol. The van der Waals surface area contributed by atoms with Gasteiger partial charge < -0.3 is 15.4 Å². The fourth-order valence-corrected chi connectivity index (χ4v) is 2.01. The number of para-hydroxylation sites is 2. The van der Waals surface area contributed by atoms with Gasteiger partial charge in [0.05, 0.1) is 5.69 Å². The highest BCUT2D eigenvalue weighted by atomic mass is 35.5. The van der Waals surface area contributed by atoms with Crippen LogP contribution in [0.15, 0.2) is 48.5 Å². The molecule has 0 fully saturated rings. The number of carbonyl (C=O) groups excluding carboxylic acids is 2. The first-order valence-corrected chi connectivity index (χ1v) is 7.43. The minimum Gasteiger partial charge on any atom is -0.482 e. The third kappa shape index (κ3) is 5.64. The predicted octanol–water partition coefficient (Wildman–Crippen LogP) is 2.99. The molecule has 2 rings (SSSR count). The van der Waals surface area contributed by atoms with Crippen molar-refractivity contribution < 1.29 is 14.3 Å². The number of amides is 2. The van der Waals surface area contributed by atoms with Crippen LogP contribution >= 0.6 is 11.6 Å². The van der Waals surface area contributed by atoms with E-state index in [4.69, 9.17) is 16.3 Å². The summed E-state index contributed by atoms with van der Waals surface area (Å²) < 4.78 is 5.46. The number of hydrogen-bond acceptors (Lipinski definition) is 3. The lowest BCUT2D eigenvalue weighted by molar-refractivity contribution is -0.123. The minimum atomic E-state index is -0.252. The summed E-state index contributed by atoms with van der Waals surface area (Å²) in [4.78, 5) is 23.0. The quantitative estimate of drug-likeness (QED) is 0.854. The Bertz CT molecular complexity index is 686. The first kappa shape index (κ1) is 16.8. The van der Waals surface area contributed by atoms with E-state index in [-0.39, 0.29) is 18.4 Å². The maximum Gasteiger partial charge on any atom is 0.258 e. The van der Waals surface area contributed by atoms with Crippen LogP contribution in [0.2, 0.25) is 5.02 Å². The summed E-state index contributed by atoms with van der Waals surface area (Å²) >= 11 is 5.81. The Morgan fingerprint density at radius 2 is 1.78 bits per heavy atom. The van der Waals surface area contributed by atoms with Gasteiger partial charge in [-0.25, -0.2) is 0 Å². The maximum absolute atomic E-state index is 11.8. The van der Waals surface area contributed by atoms with Crippen molar-refractivity contribution in [2.24, 2.45) is 0 Å². The second-order valence-corrected chi connectivity index (χ2v) is 5.31. The molecule has 0 saturated heterocycles. The van der Waals surface area contributed by atoms with Crippen LogP contribution in [0.5, 0.6) is 5.75 Å². The van der Waals surface area contributed by atoms with Gasteiger partial charge in [-0.2, -0.15) is 0 Å². The molecule has 120 valence electrons. The van der Waals surface area contributed by atoms with Crippen molar-refractivity contribution in [2.75, 3.05) is 11.9 Å². The topological polar surface area (TPSA) is 67.4 Å². The fourth-order valence-electron chi connectivity index (χ4n) is 1.88. The number of anilines is 1. The Kier molecular flexibility index (Phi) is 6.00. The van der Waals surface area contributed by atoms with Crippen LogP contribution in [0.25, 0.3) is 0 Å². The number of hydrogen-bond donors (Lipinski definition) is 2. The normalized spacial score (nSPS) is 10.0. The Labute approximate surface area is 139 Å². The van der Waals surface area contributed by atoms with Gasteiger partial charge >= 0.3 is 0 Å². The molecule has 2 N–H and O–H groups in total. The van der Waals surface area contributed by atoms with Crippen molar-refractivity contribution >= 4 is 29.1 Å². The van der Waals surface area contributed by atoms with Crippen LogP contribution in [0.4, 0.5) is 5.69 Å². The van der Waals surface area contributed by atoms with Crippen molar-refractivity contribution in [3.05, 3.63) is 59.1 Å². The minimum absolute atomic E-state index is 0.135.